The summed E-state index contributed by atoms with van der Waals surface area (Å²) in [6.07, 6.45) is 1.66. The van der Waals surface area contributed by atoms with Gasteiger partial charge in [-0.2, -0.15) is 0 Å². The van der Waals surface area contributed by atoms with Crippen LogP contribution < -0.4 is 14.4 Å². The Labute approximate surface area is 219 Å². The second-order valence-electron chi connectivity index (χ2n) is 8.62. The lowest BCUT2D eigenvalue weighted by Crippen LogP contribution is -2.42. The number of nitrogens with zero attached hydrogens (tertiary/aromatic N) is 1. The van der Waals surface area contributed by atoms with Crippen LogP contribution in [0.2, 0.25) is 0 Å². The molecule has 0 bridgehead atoms. The number of sulfone groups is 1. The van der Waals surface area contributed by atoms with Crippen molar-refractivity contribution in [2.24, 2.45) is 0 Å². The van der Waals surface area contributed by atoms with Crippen LogP contribution in [0.15, 0.2) is 82.6 Å². The van der Waals surface area contributed by atoms with Gasteiger partial charge in [-0.25, -0.2) is 16.8 Å². The average molecular weight is 545 g/mol. The second kappa shape index (κ2) is 11.8. The van der Waals surface area contributed by atoms with E-state index in [1.165, 1.54) is 24.3 Å². The van der Waals surface area contributed by atoms with Crippen LogP contribution in [-0.2, 0) is 24.7 Å². The van der Waals surface area contributed by atoms with Gasteiger partial charge in [-0.3, -0.25) is 9.10 Å². The van der Waals surface area contributed by atoms with E-state index in [1.54, 1.807) is 48.5 Å². The molecule has 1 amide bonds. The Hall–Kier alpha value is -3.37. The molecule has 0 aliphatic carbocycles. The monoisotopic (exact) mass is 544 g/mol. The maximum atomic E-state index is 13.6. The average Bonchev–Trinajstić information content (AvgIpc) is 2.86. The topological polar surface area (TPSA) is 110 Å². The fraction of sp³-hybridized carbons (Fsp3) is 0.296. The lowest BCUT2D eigenvalue weighted by molar-refractivity contribution is -0.120. The molecular weight excluding hydrogens is 512 g/mol. The van der Waals surface area contributed by atoms with Gasteiger partial charge in [0.15, 0.2) is 9.84 Å². The molecule has 1 N–H and O–H groups in total. The summed E-state index contributed by atoms with van der Waals surface area (Å²) in [4.78, 5) is 13.4. The highest BCUT2D eigenvalue weighted by atomic mass is 32.2. The molecule has 3 aromatic rings. The molecule has 1 unspecified atom stereocenters. The number of hydrogen-bond acceptors (Lipinski definition) is 6. The first-order chi connectivity index (χ1) is 17.5. The molecule has 0 aromatic heterocycles. The van der Waals surface area contributed by atoms with Crippen LogP contribution in [0.3, 0.4) is 0 Å². The molecule has 0 aliphatic rings. The highest BCUT2D eigenvalue weighted by Crippen LogP contribution is 2.26. The maximum absolute atomic E-state index is 13.6. The van der Waals surface area contributed by atoms with Crippen LogP contribution in [0.25, 0.3) is 0 Å². The first-order valence-electron chi connectivity index (χ1n) is 11.9. The van der Waals surface area contributed by atoms with Gasteiger partial charge in [0.05, 0.1) is 28.1 Å². The van der Waals surface area contributed by atoms with Crippen molar-refractivity contribution >= 4 is 31.5 Å². The summed E-state index contributed by atoms with van der Waals surface area (Å²) in [7, 11) is -7.41. The number of sulfonamides is 1. The molecule has 0 aliphatic heterocycles. The van der Waals surface area contributed by atoms with Gasteiger partial charge in [-0.15, -0.1) is 0 Å². The van der Waals surface area contributed by atoms with Crippen molar-refractivity contribution in [3.63, 3.8) is 0 Å². The second-order valence-corrected chi connectivity index (χ2v) is 12.5. The quantitative estimate of drug-likeness (QED) is 0.386. The minimum atomic E-state index is -4.07. The zero-order chi connectivity index (χ0) is 27.2. The maximum Gasteiger partial charge on any atom is 0.264 e. The van der Waals surface area contributed by atoms with Crippen molar-refractivity contribution in [2.45, 2.75) is 43.0 Å². The van der Waals surface area contributed by atoms with Crippen LogP contribution >= 0.6 is 0 Å². The van der Waals surface area contributed by atoms with E-state index in [-0.39, 0.29) is 9.79 Å². The molecule has 0 saturated heterocycles. The summed E-state index contributed by atoms with van der Waals surface area (Å²) >= 11 is 0. The molecule has 0 heterocycles. The SMILES string of the molecule is CCOc1ccc(S(=O)(=O)N(CC(=O)NC(CC)c2ccc(S(C)(=O)=O)cc2)c2ccc(C)cc2)cc1. The molecule has 0 radical (unpaired) electrons. The van der Waals surface area contributed by atoms with E-state index in [9.17, 15) is 21.6 Å². The summed E-state index contributed by atoms with van der Waals surface area (Å²) in [6.45, 7) is 5.63. The number of carbonyl (C=O) groups excluding carboxylic acids is 1. The summed E-state index contributed by atoms with van der Waals surface area (Å²) in [5, 5.41) is 2.89. The van der Waals surface area contributed by atoms with Gasteiger partial charge in [0, 0.05) is 6.26 Å². The number of nitrogens with one attached hydrogen (secondary N) is 1. The van der Waals surface area contributed by atoms with Crippen LogP contribution in [0.4, 0.5) is 5.69 Å². The van der Waals surface area contributed by atoms with Crippen molar-refractivity contribution < 1.29 is 26.4 Å². The molecule has 1 atom stereocenters. The first-order valence-corrected chi connectivity index (χ1v) is 15.2. The molecule has 3 aromatic carbocycles. The Bertz CT molecular complexity index is 1420. The van der Waals surface area contributed by atoms with Crippen molar-refractivity contribution in [1.82, 2.24) is 5.32 Å². The largest absolute Gasteiger partial charge is 0.494 e. The van der Waals surface area contributed by atoms with E-state index in [2.05, 4.69) is 5.32 Å². The van der Waals surface area contributed by atoms with Gasteiger partial charge < -0.3 is 10.1 Å². The number of benzene rings is 3. The summed E-state index contributed by atoms with van der Waals surface area (Å²) in [5.74, 6) is 0.0582. The van der Waals surface area contributed by atoms with E-state index < -0.39 is 38.4 Å². The normalized spacial score (nSPS) is 12.5. The summed E-state index contributed by atoms with van der Waals surface area (Å²) < 4.78 is 57.3. The predicted molar refractivity (Wildman–Crippen MR) is 144 cm³/mol. The van der Waals surface area contributed by atoms with E-state index >= 15 is 0 Å². The Morgan fingerprint density at radius 3 is 1.95 bits per heavy atom. The molecular formula is C27H32N2O6S2. The minimum absolute atomic E-state index is 0.0349. The van der Waals surface area contributed by atoms with E-state index in [4.69, 9.17) is 4.74 Å². The van der Waals surface area contributed by atoms with Gasteiger partial charge in [0.2, 0.25) is 5.91 Å². The third kappa shape index (κ3) is 7.11. The molecule has 0 fully saturated rings. The van der Waals surface area contributed by atoms with E-state index in [0.717, 1.165) is 21.7 Å². The third-order valence-corrected chi connectivity index (χ3v) is 8.70. The Morgan fingerprint density at radius 1 is 0.865 bits per heavy atom. The molecule has 10 heteroatoms. The Kier molecular flexibility index (Phi) is 8.98. The Morgan fingerprint density at radius 2 is 1.43 bits per heavy atom. The smallest absolute Gasteiger partial charge is 0.264 e. The molecule has 0 spiro atoms. The van der Waals surface area contributed by atoms with E-state index in [1.807, 2.05) is 20.8 Å². The minimum Gasteiger partial charge on any atom is -0.494 e. The molecule has 37 heavy (non-hydrogen) atoms. The van der Waals surface area contributed by atoms with Gasteiger partial charge in [-0.1, -0.05) is 36.8 Å². The standard InChI is InChI=1S/C27H32N2O6S2/c1-5-26(21-9-15-24(16-10-21)36(4,31)32)28-27(30)19-29(22-11-7-20(3)8-12-22)37(33,34)25-17-13-23(14-18-25)35-6-2/h7-18,26H,5-6,19H2,1-4H3,(H,28,30). The molecule has 8 nitrogen and oxygen atoms in total. The molecule has 198 valence electrons. The highest BCUT2D eigenvalue weighted by Gasteiger charge is 2.28. The van der Waals surface area contributed by atoms with Gasteiger partial charge in [0.25, 0.3) is 10.0 Å². The number of hydrogen-bond donors (Lipinski definition) is 1. The lowest BCUT2D eigenvalue weighted by Gasteiger charge is -2.26. The number of carbonyl (C=O) groups is 1. The Balaban J connectivity index is 1.88. The van der Waals surface area contributed by atoms with Gasteiger partial charge in [0.1, 0.15) is 12.3 Å². The zero-order valence-electron chi connectivity index (χ0n) is 21.3. The fourth-order valence-corrected chi connectivity index (χ4v) is 5.82. The van der Waals surface area contributed by atoms with Crippen LogP contribution in [-0.4, -0.2) is 42.2 Å². The van der Waals surface area contributed by atoms with E-state index in [0.29, 0.717) is 24.5 Å². The fourth-order valence-electron chi connectivity index (χ4n) is 3.77. The van der Waals surface area contributed by atoms with Gasteiger partial charge >= 0.3 is 0 Å². The van der Waals surface area contributed by atoms with Gasteiger partial charge in [-0.05, 0) is 74.4 Å². The predicted octanol–water partition coefficient (Wildman–Crippen LogP) is 4.26. The highest BCUT2D eigenvalue weighted by molar-refractivity contribution is 7.93. The number of ether oxygens (including phenoxy) is 1. The lowest BCUT2D eigenvalue weighted by atomic mass is 10.0. The third-order valence-electron chi connectivity index (χ3n) is 5.79. The molecule has 0 saturated carbocycles. The first kappa shape index (κ1) is 28.2. The molecule has 3 rings (SSSR count). The van der Waals surface area contributed by atoms with Crippen molar-refractivity contribution in [3.05, 3.63) is 83.9 Å². The van der Waals surface area contributed by atoms with Crippen LogP contribution in [0.1, 0.15) is 37.4 Å². The number of rotatable bonds is 11. The number of amides is 1. The van der Waals surface area contributed by atoms with Crippen molar-refractivity contribution in [1.29, 1.82) is 0 Å². The van der Waals surface area contributed by atoms with Crippen molar-refractivity contribution in [3.8, 4) is 5.75 Å². The van der Waals surface area contributed by atoms with Crippen LogP contribution in [0.5, 0.6) is 5.75 Å². The summed E-state index contributed by atoms with van der Waals surface area (Å²) in [5.41, 5.74) is 2.04. The van der Waals surface area contributed by atoms with Crippen molar-refractivity contribution in [2.75, 3.05) is 23.7 Å². The number of anilines is 1. The summed E-state index contributed by atoms with van der Waals surface area (Å²) in [6, 6.07) is 18.8. The number of aryl methyl sites for hydroxylation is 1. The van der Waals surface area contributed by atoms with Crippen LogP contribution in [0, 0.1) is 6.92 Å². The zero-order valence-corrected chi connectivity index (χ0v) is 23.0.